The van der Waals surface area contributed by atoms with E-state index in [-0.39, 0.29) is 0 Å². The summed E-state index contributed by atoms with van der Waals surface area (Å²) in [5, 5.41) is 3.97. The van der Waals surface area contributed by atoms with Crippen LogP contribution < -0.4 is 5.32 Å². The van der Waals surface area contributed by atoms with Gasteiger partial charge in [-0.15, -0.1) is 11.3 Å². The van der Waals surface area contributed by atoms with Gasteiger partial charge in [-0.2, -0.15) is 0 Å². The number of nitrogens with zero attached hydrogens (tertiary/aromatic N) is 2. The molecule has 0 saturated carbocycles. The number of benzene rings is 1. The standard InChI is InChI=1S/C21H23N3O2S/c1-21(2,3)26-20(25)24-14-10-8-13(9-11-14)18-17-15-6-4-5-7-16(15)27-19(17)23-12-22-18/h8-12H,4-7H2,1-3H3,(H,24,25). The first-order valence-corrected chi connectivity index (χ1v) is 10.1. The number of amides is 1. The van der Waals surface area contributed by atoms with E-state index in [1.54, 1.807) is 17.7 Å². The molecule has 1 aliphatic rings. The number of hydrogen-bond acceptors (Lipinski definition) is 5. The fraction of sp³-hybridized carbons (Fsp3) is 0.381. The molecular formula is C21H23N3O2S. The van der Waals surface area contributed by atoms with Crippen molar-refractivity contribution in [3.05, 3.63) is 41.0 Å². The highest BCUT2D eigenvalue weighted by Gasteiger charge is 2.20. The van der Waals surface area contributed by atoms with E-state index in [2.05, 4.69) is 15.3 Å². The Balaban J connectivity index is 1.63. The number of fused-ring (bicyclic) bond motifs is 3. The maximum absolute atomic E-state index is 11.9. The van der Waals surface area contributed by atoms with Gasteiger partial charge in [-0.1, -0.05) is 12.1 Å². The van der Waals surface area contributed by atoms with Crippen LogP contribution in [0.3, 0.4) is 0 Å². The van der Waals surface area contributed by atoms with Crippen LogP contribution in [0.25, 0.3) is 21.5 Å². The molecule has 0 atom stereocenters. The first kappa shape index (κ1) is 17.9. The molecule has 3 aromatic rings. The number of carbonyl (C=O) groups is 1. The zero-order chi connectivity index (χ0) is 19.0. The minimum atomic E-state index is -0.519. The van der Waals surface area contributed by atoms with E-state index in [9.17, 15) is 4.79 Å². The molecule has 4 rings (SSSR count). The van der Waals surface area contributed by atoms with Crippen LogP contribution >= 0.6 is 11.3 Å². The van der Waals surface area contributed by atoms with Crippen molar-refractivity contribution >= 4 is 33.3 Å². The van der Waals surface area contributed by atoms with Gasteiger partial charge in [0.05, 0.1) is 5.69 Å². The monoisotopic (exact) mass is 381 g/mol. The predicted octanol–water partition coefficient (Wildman–Crippen LogP) is 5.58. The largest absolute Gasteiger partial charge is 0.444 e. The van der Waals surface area contributed by atoms with Crippen molar-refractivity contribution in [2.75, 3.05) is 5.32 Å². The molecule has 5 nitrogen and oxygen atoms in total. The summed E-state index contributed by atoms with van der Waals surface area (Å²) in [4.78, 5) is 23.5. The third-order valence-corrected chi connectivity index (χ3v) is 5.75. The van der Waals surface area contributed by atoms with E-state index >= 15 is 0 Å². The normalized spacial score (nSPS) is 14.0. The second-order valence-electron chi connectivity index (χ2n) is 7.82. The summed E-state index contributed by atoms with van der Waals surface area (Å²) in [5.74, 6) is 0. The first-order valence-electron chi connectivity index (χ1n) is 9.26. The summed E-state index contributed by atoms with van der Waals surface area (Å²) in [7, 11) is 0. The average molecular weight is 382 g/mol. The van der Waals surface area contributed by atoms with Gasteiger partial charge < -0.3 is 4.74 Å². The summed E-state index contributed by atoms with van der Waals surface area (Å²) in [6, 6.07) is 7.74. The molecule has 0 radical (unpaired) electrons. The Kier molecular flexibility index (Phi) is 4.60. The molecule has 2 heterocycles. The summed E-state index contributed by atoms with van der Waals surface area (Å²) in [5.41, 5.74) is 3.61. The van der Waals surface area contributed by atoms with Crippen molar-refractivity contribution in [3.63, 3.8) is 0 Å². The number of ether oxygens (including phenoxy) is 1. The van der Waals surface area contributed by atoms with Crippen molar-refractivity contribution in [1.82, 2.24) is 9.97 Å². The Hall–Kier alpha value is -2.47. The Labute approximate surface area is 162 Å². The SMILES string of the molecule is CC(C)(C)OC(=O)Nc1ccc(-c2ncnc3sc4c(c23)CCCC4)cc1. The van der Waals surface area contributed by atoms with Crippen molar-refractivity contribution in [2.24, 2.45) is 0 Å². The van der Waals surface area contributed by atoms with Gasteiger partial charge >= 0.3 is 6.09 Å². The number of thiophene rings is 1. The molecule has 1 N–H and O–H groups in total. The Morgan fingerprint density at radius 3 is 2.59 bits per heavy atom. The van der Waals surface area contributed by atoms with E-state index in [0.29, 0.717) is 5.69 Å². The van der Waals surface area contributed by atoms with Gasteiger partial charge in [-0.05, 0) is 64.2 Å². The van der Waals surface area contributed by atoms with Crippen LogP contribution in [0.1, 0.15) is 44.1 Å². The smallest absolute Gasteiger partial charge is 0.412 e. The third kappa shape index (κ3) is 3.81. The third-order valence-electron chi connectivity index (χ3n) is 4.55. The van der Waals surface area contributed by atoms with Crippen molar-refractivity contribution in [1.29, 1.82) is 0 Å². The molecule has 0 bridgehead atoms. The van der Waals surface area contributed by atoms with Crippen molar-refractivity contribution in [3.8, 4) is 11.3 Å². The lowest BCUT2D eigenvalue weighted by Gasteiger charge is -2.19. The van der Waals surface area contributed by atoms with E-state index in [1.807, 2.05) is 45.0 Å². The molecule has 0 saturated heterocycles. The van der Waals surface area contributed by atoms with Gasteiger partial charge in [-0.25, -0.2) is 14.8 Å². The molecule has 140 valence electrons. The van der Waals surface area contributed by atoms with Gasteiger partial charge in [0.15, 0.2) is 0 Å². The van der Waals surface area contributed by atoms with Gasteiger partial charge in [0, 0.05) is 21.5 Å². The highest BCUT2D eigenvalue weighted by Crippen LogP contribution is 2.39. The van der Waals surface area contributed by atoms with Gasteiger partial charge in [0.2, 0.25) is 0 Å². The lowest BCUT2D eigenvalue weighted by atomic mass is 9.95. The molecule has 27 heavy (non-hydrogen) atoms. The van der Waals surface area contributed by atoms with E-state index < -0.39 is 11.7 Å². The van der Waals surface area contributed by atoms with E-state index in [4.69, 9.17) is 4.74 Å². The molecule has 2 aromatic heterocycles. The first-order chi connectivity index (χ1) is 12.9. The fourth-order valence-corrected chi connectivity index (χ4v) is 4.67. The van der Waals surface area contributed by atoms with Crippen LogP contribution in [0.15, 0.2) is 30.6 Å². The van der Waals surface area contributed by atoms with Crippen LogP contribution in [0.2, 0.25) is 0 Å². The minimum absolute atomic E-state index is 0.452. The summed E-state index contributed by atoms with van der Waals surface area (Å²) >= 11 is 1.80. The molecule has 1 amide bonds. The lowest BCUT2D eigenvalue weighted by molar-refractivity contribution is 0.0636. The van der Waals surface area contributed by atoms with Crippen LogP contribution in [-0.2, 0) is 17.6 Å². The number of aryl methyl sites for hydroxylation is 2. The zero-order valence-corrected chi connectivity index (χ0v) is 16.7. The lowest BCUT2D eigenvalue weighted by Crippen LogP contribution is -2.27. The molecule has 1 aliphatic carbocycles. The quantitative estimate of drug-likeness (QED) is 0.629. The van der Waals surface area contributed by atoms with Gasteiger partial charge in [-0.3, -0.25) is 5.32 Å². The molecule has 0 unspecified atom stereocenters. The highest BCUT2D eigenvalue weighted by atomic mass is 32.1. The van der Waals surface area contributed by atoms with Crippen molar-refractivity contribution in [2.45, 2.75) is 52.1 Å². The maximum Gasteiger partial charge on any atom is 0.412 e. The summed E-state index contributed by atoms with van der Waals surface area (Å²) in [6.07, 6.45) is 5.93. The van der Waals surface area contributed by atoms with Gasteiger partial charge in [0.1, 0.15) is 16.8 Å². The Morgan fingerprint density at radius 1 is 1.11 bits per heavy atom. The van der Waals surface area contributed by atoms with Crippen LogP contribution in [-0.4, -0.2) is 21.7 Å². The van der Waals surface area contributed by atoms with Crippen LogP contribution in [0, 0.1) is 0 Å². The zero-order valence-electron chi connectivity index (χ0n) is 15.8. The molecule has 0 aliphatic heterocycles. The maximum atomic E-state index is 11.9. The second kappa shape index (κ2) is 6.93. The van der Waals surface area contributed by atoms with Crippen molar-refractivity contribution < 1.29 is 9.53 Å². The molecule has 6 heteroatoms. The van der Waals surface area contributed by atoms with Crippen LogP contribution in [0.4, 0.5) is 10.5 Å². The number of hydrogen-bond donors (Lipinski definition) is 1. The molecule has 0 fully saturated rings. The fourth-order valence-electron chi connectivity index (χ4n) is 3.44. The highest BCUT2D eigenvalue weighted by molar-refractivity contribution is 7.18. The van der Waals surface area contributed by atoms with E-state index in [0.717, 1.165) is 28.9 Å². The number of rotatable bonds is 2. The molecule has 1 aromatic carbocycles. The summed E-state index contributed by atoms with van der Waals surface area (Å²) in [6.45, 7) is 5.53. The number of aromatic nitrogens is 2. The Bertz CT molecular complexity index is 987. The molecular weight excluding hydrogens is 358 g/mol. The number of carbonyl (C=O) groups excluding carboxylic acids is 1. The second-order valence-corrected chi connectivity index (χ2v) is 8.90. The average Bonchev–Trinajstić information content (AvgIpc) is 2.99. The van der Waals surface area contributed by atoms with Crippen LogP contribution in [0.5, 0.6) is 0 Å². The number of anilines is 1. The predicted molar refractivity (Wildman–Crippen MR) is 109 cm³/mol. The van der Waals surface area contributed by atoms with Gasteiger partial charge in [0.25, 0.3) is 0 Å². The Morgan fingerprint density at radius 2 is 1.85 bits per heavy atom. The molecule has 0 spiro atoms. The summed E-state index contributed by atoms with van der Waals surface area (Å²) < 4.78 is 5.30. The topological polar surface area (TPSA) is 64.1 Å². The minimum Gasteiger partial charge on any atom is -0.444 e. The number of nitrogens with one attached hydrogen (secondary N) is 1. The van der Waals surface area contributed by atoms with E-state index in [1.165, 1.54) is 28.7 Å².